The molecule has 1 heterocycles. The Morgan fingerprint density at radius 2 is 1.96 bits per heavy atom. The summed E-state index contributed by atoms with van der Waals surface area (Å²) in [5.41, 5.74) is 3.28. The number of fused-ring (bicyclic) bond motifs is 1. The van der Waals surface area contributed by atoms with Crippen molar-refractivity contribution in [3.8, 4) is 11.8 Å². The van der Waals surface area contributed by atoms with E-state index in [1.165, 1.54) is 0 Å². The summed E-state index contributed by atoms with van der Waals surface area (Å²) in [5, 5.41) is 9.64. The van der Waals surface area contributed by atoms with Gasteiger partial charge in [-0.2, -0.15) is 5.26 Å². The van der Waals surface area contributed by atoms with Crippen molar-refractivity contribution in [1.82, 2.24) is 9.55 Å². The molecule has 0 fully saturated rings. The van der Waals surface area contributed by atoms with Crippen LogP contribution in [0.1, 0.15) is 24.7 Å². The second-order valence-electron chi connectivity index (χ2n) is 5.54. The van der Waals surface area contributed by atoms with E-state index >= 15 is 0 Å². The number of allylic oxidation sites excluding steroid dienone is 1. The third-order valence-electron chi connectivity index (χ3n) is 3.83. The maximum absolute atomic E-state index is 9.64. The van der Waals surface area contributed by atoms with E-state index in [1.54, 1.807) is 0 Å². The van der Waals surface area contributed by atoms with Gasteiger partial charge in [0.25, 0.3) is 0 Å². The number of hydrogen-bond donors (Lipinski definition) is 0. The van der Waals surface area contributed by atoms with Crippen molar-refractivity contribution in [1.29, 1.82) is 5.26 Å². The van der Waals surface area contributed by atoms with Crippen LogP contribution in [0.15, 0.2) is 48.5 Å². The van der Waals surface area contributed by atoms with Crippen molar-refractivity contribution in [2.24, 2.45) is 7.05 Å². The minimum Gasteiger partial charge on any atom is -0.493 e. The molecular weight excluding hydrogens is 298 g/mol. The maximum atomic E-state index is 9.64. The molecule has 2 aromatic carbocycles. The summed E-state index contributed by atoms with van der Waals surface area (Å²) in [5.74, 6) is 1.44. The van der Waals surface area contributed by atoms with Crippen LogP contribution in [-0.2, 0) is 7.05 Å². The monoisotopic (exact) mass is 317 g/mol. The van der Waals surface area contributed by atoms with E-state index in [1.807, 2.05) is 66.2 Å². The van der Waals surface area contributed by atoms with Crippen molar-refractivity contribution in [3.63, 3.8) is 0 Å². The third-order valence-corrected chi connectivity index (χ3v) is 3.83. The van der Waals surface area contributed by atoms with Crippen LogP contribution >= 0.6 is 0 Å². The Morgan fingerprint density at radius 1 is 1.21 bits per heavy atom. The van der Waals surface area contributed by atoms with Gasteiger partial charge in [-0.25, -0.2) is 4.98 Å². The Bertz CT molecular complexity index is 931. The van der Waals surface area contributed by atoms with E-state index in [2.05, 4.69) is 18.0 Å². The number of nitriles is 1. The lowest BCUT2D eigenvalue weighted by molar-refractivity contribution is 0.317. The number of nitrogens with zero attached hydrogens (tertiary/aromatic N) is 3. The number of aryl methyl sites for hydroxylation is 1. The van der Waals surface area contributed by atoms with E-state index in [0.29, 0.717) is 18.0 Å². The highest BCUT2D eigenvalue weighted by Gasteiger charge is 2.12. The second-order valence-corrected chi connectivity index (χ2v) is 5.54. The van der Waals surface area contributed by atoms with Gasteiger partial charge in [0.05, 0.1) is 23.2 Å². The van der Waals surface area contributed by atoms with Crippen LogP contribution in [0.3, 0.4) is 0 Å². The van der Waals surface area contributed by atoms with Gasteiger partial charge in [0, 0.05) is 12.6 Å². The molecule has 0 saturated heterocycles. The smallest absolute Gasteiger partial charge is 0.151 e. The lowest BCUT2D eigenvalue weighted by Gasteiger charge is -2.08. The molecule has 24 heavy (non-hydrogen) atoms. The maximum Gasteiger partial charge on any atom is 0.151 e. The van der Waals surface area contributed by atoms with Gasteiger partial charge in [0.2, 0.25) is 0 Å². The van der Waals surface area contributed by atoms with Crippen LogP contribution in [0.4, 0.5) is 0 Å². The SMILES string of the molecule is CCCOc1ccccc1/C=C(/C#N)c1nc2ccccc2n1C. The molecule has 4 nitrogen and oxygen atoms in total. The Balaban J connectivity index is 2.07. The van der Waals surface area contributed by atoms with Crippen molar-refractivity contribution < 1.29 is 4.74 Å². The first-order valence-electron chi connectivity index (χ1n) is 8.00. The molecule has 0 amide bonds. The fourth-order valence-electron chi connectivity index (χ4n) is 2.63. The lowest BCUT2D eigenvalue weighted by Crippen LogP contribution is -1.98. The summed E-state index contributed by atoms with van der Waals surface area (Å²) in [4.78, 5) is 4.60. The Labute approximate surface area is 141 Å². The van der Waals surface area contributed by atoms with Gasteiger partial charge < -0.3 is 9.30 Å². The summed E-state index contributed by atoms with van der Waals surface area (Å²) in [6.45, 7) is 2.72. The van der Waals surface area contributed by atoms with E-state index in [4.69, 9.17) is 4.74 Å². The van der Waals surface area contributed by atoms with Gasteiger partial charge in [0.1, 0.15) is 11.8 Å². The molecule has 4 heteroatoms. The van der Waals surface area contributed by atoms with Crippen LogP contribution in [0.25, 0.3) is 22.7 Å². The normalized spacial score (nSPS) is 11.5. The van der Waals surface area contributed by atoms with Gasteiger partial charge in [-0.15, -0.1) is 0 Å². The zero-order chi connectivity index (χ0) is 16.9. The number of aromatic nitrogens is 2. The van der Waals surface area contributed by atoms with Gasteiger partial charge in [-0.3, -0.25) is 0 Å². The van der Waals surface area contributed by atoms with Crippen LogP contribution in [0.2, 0.25) is 0 Å². The van der Waals surface area contributed by atoms with Crippen molar-refractivity contribution in [2.45, 2.75) is 13.3 Å². The molecule has 0 N–H and O–H groups in total. The average molecular weight is 317 g/mol. The molecule has 0 radical (unpaired) electrons. The molecule has 0 saturated carbocycles. The van der Waals surface area contributed by atoms with E-state index in [9.17, 15) is 5.26 Å². The molecule has 3 rings (SSSR count). The molecule has 1 aromatic heterocycles. The van der Waals surface area contributed by atoms with E-state index < -0.39 is 0 Å². The topological polar surface area (TPSA) is 50.8 Å². The molecule has 0 aliphatic carbocycles. The standard InChI is InChI=1S/C20H19N3O/c1-3-12-24-19-11-7-4-8-15(19)13-16(14-21)20-22-17-9-5-6-10-18(17)23(20)2/h4-11,13H,3,12H2,1-2H3/b16-13-. The molecule has 120 valence electrons. The highest BCUT2D eigenvalue weighted by Crippen LogP contribution is 2.26. The highest BCUT2D eigenvalue weighted by molar-refractivity contribution is 5.91. The van der Waals surface area contributed by atoms with E-state index in [0.717, 1.165) is 28.8 Å². The minimum absolute atomic E-state index is 0.515. The van der Waals surface area contributed by atoms with Crippen molar-refractivity contribution >= 4 is 22.7 Å². The third kappa shape index (κ3) is 3.02. The molecule has 0 spiro atoms. The zero-order valence-electron chi connectivity index (χ0n) is 13.9. The summed E-state index contributed by atoms with van der Waals surface area (Å²) in [7, 11) is 1.93. The predicted molar refractivity (Wildman–Crippen MR) is 96.4 cm³/mol. The van der Waals surface area contributed by atoms with Crippen molar-refractivity contribution in [2.75, 3.05) is 6.61 Å². The summed E-state index contributed by atoms with van der Waals surface area (Å²) >= 11 is 0. The van der Waals surface area contributed by atoms with Gasteiger partial charge in [-0.1, -0.05) is 37.3 Å². The molecular formula is C20H19N3O. The van der Waals surface area contributed by atoms with Crippen molar-refractivity contribution in [3.05, 3.63) is 59.9 Å². The first-order valence-corrected chi connectivity index (χ1v) is 8.00. The predicted octanol–water partition coefficient (Wildman–Crippen LogP) is 4.43. The Hall–Kier alpha value is -3.06. The van der Waals surface area contributed by atoms with Gasteiger partial charge >= 0.3 is 0 Å². The summed E-state index contributed by atoms with van der Waals surface area (Å²) in [6.07, 6.45) is 2.78. The number of hydrogen-bond acceptors (Lipinski definition) is 3. The number of para-hydroxylation sites is 3. The van der Waals surface area contributed by atoms with Crippen LogP contribution in [0.5, 0.6) is 5.75 Å². The summed E-state index contributed by atoms with van der Waals surface area (Å²) < 4.78 is 7.72. The van der Waals surface area contributed by atoms with Crippen LogP contribution < -0.4 is 4.74 Å². The molecule has 0 bridgehead atoms. The number of rotatable bonds is 5. The Kier molecular flexibility index (Phi) is 4.62. The molecule has 0 unspecified atom stereocenters. The highest BCUT2D eigenvalue weighted by atomic mass is 16.5. The average Bonchev–Trinajstić information content (AvgIpc) is 2.96. The lowest BCUT2D eigenvalue weighted by atomic mass is 10.1. The quantitative estimate of drug-likeness (QED) is 0.654. The largest absolute Gasteiger partial charge is 0.493 e. The first-order chi connectivity index (χ1) is 11.7. The number of imidazole rings is 1. The molecule has 3 aromatic rings. The van der Waals surface area contributed by atoms with Crippen LogP contribution in [-0.4, -0.2) is 16.2 Å². The second kappa shape index (κ2) is 7.01. The minimum atomic E-state index is 0.515. The van der Waals surface area contributed by atoms with Gasteiger partial charge in [0.15, 0.2) is 5.82 Å². The zero-order valence-corrected chi connectivity index (χ0v) is 13.9. The molecule has 0 aliphatic heterocycles. The van der Waals surface area contributed by atoms with Gasteiger partial charge in [-0.05, 0) is 30.7 Å². The van der Waals surface area contributed by atoms with E-state index in [-0.39, 0.29) is 0 Å². The number of benzene rings is 2. The Morgan fingerprint density at radius 3 is 2.71 bits per heavy atom. The summed E-state index contributed by atoms with van der Waals surface area (Å²) in [6, 6.07) is 17.9. The molecule has 0 aliphatic rings. The fourth-order valence-corrected chi connectivity index (χ4v) is 2.63. The van der Waals surface area contributed by atoms with Crippen LogP contribution in [0, 0.1) is 11.3 Å². The fraction of sp³-hybridized carbons (Fsp3) is 0.200. The molecule has 0 atom stereocenters. The first kappa shape index (κ1) is 15.8. The number of ether oxygens (including phenoxy) is 1.